The maximum atomic E-state index is 13.2. The summed E-state index contributed by atoms with van der Waals surface area (Å²) in [6, 6.07) is 13.0. The number of anilines is 1. The number of aromatic amines is 1. The van der Waals surface area contributed by atoms with Crippen LogP contribution in [0.15, 0.2) is 65.8 Å². The van der Waals surface area contributed by atoms with Crippen molar-refractivity contribution >= 4 is 26.9 Å². The summed E-state index contributed by atoms with van der Waals surface area (Å²) in [4.78, 5) is 11.7. The number of nitrogens with one attached hydrogen (secondary N) is 2. The highest BCUT2D eigenvalue weighted by molar-refractivity contribution is 7.89. The second-order valence-corrected chi connectivity index (χ2v) is 10.8. The normalized spacial score (nSPS) is 15.9. The molecule has 0 spiro atoms. The van der Waals surface area contributed by atoms with Gasteiger partial charge in [-0.3, -0.25) is 0 Å². The van der Waals surface area contributed by atoms with Crippen LogP contribution in [-0.2, 0) is 16.2 Å². The van der Waals surface area contributed by atoms with E-state index in [0.717, 1.165) is 40.1 Å². The lowest BCUT2D eigenvalue weighted by atomic mass is 10.0. The molecule has 1 aliphatic heterocycles. The van der Waals surface area contributed by atoms with Gasteiger partial charge in [0.05, 0.1) is 10.5 Å². The summed E-state index contributed by atoms with van der Waals surface area (Å²) in [5.41, 5.74) is 2.67. The Morgan fingerprint density at radius 3 is 2.42 bits per heavy atom. The summed E-state index contributed by atoms with van der Waals surface area (Å²) in [6.45, 7) is 2.52. The number of rotatable bonds is 5. The van der Waals surface area contributed by atoms with Gasteiger partial charge in [0, 0.05) is 48.2 Å². The minimum Gasteiger partial charge on any atom is -0.367 e. The SMILES string of the molecule is Cc1nc2[nH]ccc2cc1-c1ccc(S(=O)(=O)N2CCC(Nc3ccc(C(F)(F)F)cn3)CC2)cc1. The number of piperidine rings is 1. The van der Waals surface area contributed by atoms with E-state index in [2.05, 4.69) is 20.3 Å². The minimum absolute atomic E-state index is 0.0816. The Kier molecular flexibility index (Phi) is 6.21. The van der Waals surface area contributed by atoms with E-state index in [4.69, 9.17) is 0 Å². The molecule has 5 rings (SSSR count). The molecule has 1 saturated heterocycles. The van der Waals surface area contributed by atoms with Gasteiger partial charge in [-0.1, -0.05) is 12.1 Å². The number of aryl methyl sites for hydroxylation is 1. The number of hydrogen-bond donors (Lipinski definition) is 2. The number of aromatic nitrogens is 3. The van der Waals surface area contributed by atoms with Gasteiger partial charge in [-0.05, 0) is 61.7 Å². The summed E-state index contributed by atoms with van der Waals surface area (Å²) in [6.07, 6.45) is -0.785. The molecule has 1 aromatic carbocycles. The number of nitrogens with zero attached hydrogens (tertiary/aromatic N) is 3. The number of sulfonamides is 1. The smallest absolute Gasteiger partial charge is 0.367 e. The lowest BCUT2D eigenvalue weighted by Crippen LogP contribution is -2.42. The molecule has 0 bridgehead atoms. The van der Waals surface area contributed by atoms with E-state index in [1.165, 1.54) is 10.4 Å². The van der Waals surface area contributed by atoms with Crippen molar-refractivity contribution in [2.75, 3.05) is 18.4 Å². The Balaban J connectivity index is 1.24. The molecule has 188 valence electrons. The van der Waals surface area contributed by atoms with Gasteiger partial charge in [0.25, 0.3) is 0 Å². The summed E-state index contributed by atoms with van der Waals surface area (Å²) >= 11 is 0. The highest BCUT2D eigenvalue weighted by Crippen LogP contribution is 2.30. The van der Waals surface area contributed by atoms with Crippen molar-refractivity contribution in [1.82, 2.24) is 19.3 Å². The molecule has 4 aromatic rings. The van der Waals surface area contributed by atoms with Crippen LogP contribution in [0.4, 0.5) is 19.0 Å². The van der Waals surface area contributed by atoms with E-state index in [1.807, 2.05) is 25.3 Å². The number of fused-ring (bicyclic) bond motifs is 1. The van der Waals surface area contributed by atoms with Gasteiger partial charge in [-0.2, -0.15) is 17.5 Å². The molecule has 1 fully saturated rings. The zero-order chi connectivity index (χ0) is 25.5. The Hall–Kier alpha value is -3.44. The van der Waals surface area contributed by atoms with Gasteiger partial charge >= 0.3 is 6.18 Å². The van der Waals surface area contributed by atoms with Gasteiger partial charge < -0.3 is 10.3 Å². The zero-order valence-electron chi connectivity index (χ0n) is 19.4. The monoisotopic (exact) mass is 515 g/mol. The summed E-state index contributed by atoms with van der Waals surface area (Å²) in [7, 11) is -3.67. The summed E-state index contributed by atoms with van der Waals surface area (Å²) < 4.78 is 66.0. The molecule has 3 aromatic heterocycles. The molecular formula is C25H24F3N5O2S. The third-order valence-corrected chi connectivity index (χ3v) is 8.34. The van der Waals surface area contributed by atoms with Crippen LogP contribution in [0.2, 0.25) is 0 Å². The number of alkyl halides is 3. The van der Waals surface area contributed by atoms with Gasteiger partial charge in [-0.15, -0.1) is 0 Å². The maximum absolute atomic E-state index is 13.2. The van der Waals surface area contributed by atoms with Gasteiger partial charge in [0.2, 0.25) is 10.0 Å². The molecule has 0 unspecified atom stereocenters. The van der Waals surface area contributed by atoms with Crippen LogP contribution in [0, 0.1) is 6.92 Å². The van der Waals surface area contributed by atoms with Crippen molar-refractivity contribution in [2.45, 2.75) is 36.9 Å². The summed E-state index contributed by atoms with van der Waals surface area (Å²) in [5.74, 6) is 0.336. The first kappa shape index (κ1) is 24.3. The van der Waals surface area contributed by atoms with Gasteiger partial charge in [0.1, 0.15) is 11.5 Å². The molecular weight excluding hydrogens is 491 g/mol. The Morgan fingerprint density at radius 1 is 1.06 bits per heavy atom. The molecule has 0 amide bonds. The second-order valence-electron chi connectivity index (χ2n) is 8.81. The largest absolute Gasteiger partial charge is 0.417 e. The summed E-state index contributed by atoms with van der Waals surface area (Å²) in [5, 5.41) is 4.09. The highest BCUT2D eigenvalue weighted by atomic mass is 32.2. The van der Waals surface area contributed by atoms with Crippen LogP contribution in [-0.4, -0.2) is 46.8 Å². The molecule has 7 nitrogen and oxygen atoms in total. The zero-order valence-corrected chi connectivity index (χ0v) is 20.2. The average molecular weight is 516 g/mol. The second kappa shape index (κ2) is 9.21. The number of H-pyrrole nitrogens is 1. The molecule has 2 N–H and O–H groups in total. The number of pyridine rings is 2. The van der Waals surface area contributed by atoms with E-state index >= 15 is 0 Å². The highest BCUT2D eigenvalue weighted by Gasteiger charge is 2.32. The van der Waals surface area contributed by atoms with E-state index < -0.39 is 21.8 Å². The van der Waals surface area contributed by atoms with Crippen molar-refractivity contribution in [3.05, 3.63) is 72.2 Å². The fourth-order valence-corrected chi connectivity index (χ4v) is 5.89. The topological polar surface area (TPSA) is 91.0 Å². The third kappa shape index (κ3) is 4.80. The van der Waals surface area contributed by atoms with Gasteiger partial charge in [0.15, 0.2) is 0 Å². The first-order valence-corrected chi connectivity index (χ1v) is 12.9. The standard InChI is InChI=1S/C25H24F3N5O2S/c1-16-22(14-18-8-11-29-24(18)31-16)17-2-5-21(6-3-17)36(34,35)33-12-9-20(10-13-33)32-23-7-4-19(15-30-23)25(26,27)28/h2-8,11,14-15,20H,9-10,12-13H2,1H3,(H,29,31)(H,30,32). The molecule has 0 radical (unpaired) electrons. The van der Waals surface area contributed by atoms with Crippen molar-refractivity contribution in [3.63, 3.8) is 0 Å². The Morgan fingerprint density at radius 2 is 1.78 bits per heavy atom. The number of halogens is 3. The van der Waals surface area contributed by atoms with E-state index in [1.54, 1.807) is 24.3 Å². The van der Waals surface area contributed by atoms with Crippen LogP contribution in [0.3, 0.4) is 0 Å². The minimum atomic E-state index is -4.44. The fraction of sp³-hybridized carbons (Fsp3) is 0.280. The van der Waals surface area contributed by atoms with Crippen molar-refractivity contribution in [2.24, 2.45) is 0 Å². The molecule has 0 aliphatic carbocycles. The van der Waals surface area contributed by atoms with Crippen LogP contribution >= 0.6 is 0 Å². The van der Waals surface area contributed by atoms with Crippen molar-refractivity contribution in [3.8, 4) is 11.1 Å². The van der Waals surface area contributed by atoms with E-state index in [-0.39, 0.29) is 10.9 Å². The predicted molar refractivity (Wildman–Crippen MR) is 131 cm³/mol. The van der Waals surface area contributed by atoms with Crippen molar-refractivity contribution < 1.29 is 21.6 Å². The molecule has 4 heterocycles. The molecule has 36 heavy (non-hydrogen) atoms. The molecule has 0 saturated carbocycles. The van der Waals surface area contributed by atoms with E-state index in [9.17, 15) is 21.6 Å². The predicted octanol–water partition coefficient (Wildman–Crippen LogP) is 5.22. The lowest BCUT2D eigenvalue weighted by molar-refractivity contribution is -0.137. The van der Waals surface area contributed by atoms with Crippen molar-refractivity contribution in [1.29, 1.82) is 0 Å². The molecule has 0 atom stereocenters. The first-order chi connectivity index (χ1) is 17.1. The first-order valence-electron chi connectivity index (χ1n) is 11.5. The molecule has 11 heteroatoms. The quantitative estimate of drug-likeness (QED) is 0.381. The average Bonchev–Trinajstić information content (AvgIpc) is 3.31. The van der Waals surface area contributed by atoms with Crippen LogP contribution in [0.1, 0.15) is 24.1 Å². The number of benzene rings is 1. The van der Waals surface area contributed by atoms with E-state index in [0.29, 0.717) is 31.7 Å². The van der Waals surface area contributed by atoms with Crippen LogP contribution < -0.4 is 5.32 Å². The third-order valence-electron chi connectivity index (χ3n) is 6.43. The van der Waals surface area contributed by atoms with Crippen LogP contribution in [0.5, 0.6) is 0 Å². The Bertz CT molecular complexity index is 1480. The maximum Gasteiger partial charge on any atom is 0.417 e. The lowest BCUT2D eigenvalue weighted by Gasteiger charge is -2.32. The Labute approximate surface area is 206 Å². The van der Waals surface area contributed by atoms with Gasteiger partial charge in [-0.25, -0.2) is 18.4 Å². The fourth-order valence-electron chi connectivity index (χ4n) is 4.42. The molecule has 1 aliphatic rings. The number of hydrogen-bond acceptors (Lipinski definition) is 5. The van der Waals surface area contributed by atoms with Crippen LogP contribution in [0.25, 0.3) is 22.2 Å².